The summed E-state index contributed by atoms with van der Waals surface area (Å²) in [4.78, 5) is 4.24. The number of rotatable bonds is 3. The minimum atomic E-state index is 0.654. The van der Waals surface area contributed by atoms with Gasteiger partial charge in [-0.15, -0.1) is 0 Å². The van der Waals surface area contributed by atoms with Gasteiger partial charge in [0.2, 0.25) is 0 Å². The summed E-state index contributed by atoms with van der Waals surface area (Å²) in [5.41, 5.74) is 9.27. The number of pyridine rings is 1. The van der Waals surface area contributed by atoms with Crippen molar-refractivity contribution in [3.8, 4) is 6.07 Å². The lowest BCUT2D eigenvalue weighted by atomic mass is 10.1. The molecule has 4 heteroatoms. The molecule has 0 aliphatic heterocycles. The first kappa shape index (κ1) is 11.9. The molecular formula is C14H14N4. The van der Waals surface area contributed by atoms with Crippen molar-refractivity contribution < 1.29 is 0 Å². The average molecular weight is 238 g/mol. The number of aryl methyl sites for hydroxylation is 1. The molecular weight excluding hydrogens is 224 g/mol. The van der Waals surface area contributed by atoms with Gasteiger partial charge in [-0.2, -0.15) is 5.26 Å². The van der Waals surface area contributed by atoms with Crippen molar-refractivity contribution in [2.45, 2.75) is 13.5 Å². The minimum absolute atomic E-state index is 0.654. The molecule has 2 aromatic rings. The number of aromatic nitrogens is 1. The minimum Gasteiger partial charge on any atom is -0.398 e. The molecule has 3 N–H and O–H groups in total. The van der Waals surface area contributed by atoms with Gasteiger partial charge < -0.3 is 11.1 Å². The Balaban J connectivity index is 2.02. The van der Waals surface area contributed by atoms with Gasteiger partial charge in [0.05, 0.1) is 11.6 Å². The van der Waals surface area contributed by atoms with Crippen LogP contribution in [0.5, 0.6) is 0 Å². The predicted octanol–water partition coefficient (Wildman–Crippen LogP) is 2.46. The Kier molecular flexibility index (Phi) is 3.44. The molecule has 0 atom stereocenters. The van der Waals surface area contributed by atoms with Crippen LogP contribution in [0.4, 0.5) is 11.5 Å². The largest absolute Gasteiger partial charge is 0.398 e. The van der Waals surface area contributed by atoms with E-state index in [4.69, 9.17) is 11.0 Å². The van der Waals surface area contributed by atoms with E-state index in [0.29, 0.717) is 12.1 Å². The summed E-state index contributed by atoms with van der Waals surface area (Å²) in [6.45, 7) is 2.58. The van der Waals surface area contributed by atoms with E-state index in [9.17, 15) is 0 Å². The van der Waals surface area contributed by atoms with Gasteiger partial charge >= 0.3 is 0 Å². The average Bonchev–Trinajstić information content (AvgIpc) is 2.41. The quantitative estimate of drug-likeness (QED) is 0.861. The highest BCUT2D eigenvalue weighted by Gasteiger charge is 1.99. The third-order valence-electron chi connectivity index (χ3n) is 2.70. The summed E-state index contributed by atoms with van der Waals surface area (Å²) in [6.07, 6.45) is 1.75. The Hall–Kier alpha value is -2.54. The monoisotopic (exact) mass is 238 g/mol. The number of nitriles is 1. The normalized spacial score (nSPS) is 9.78. The number of nitrogens with one attached hydrogen (secondary N) is 1. The van der Waals surface area contributed by atoms with Crippen molar-refractivity contribution in [1.29, 1.82) is 5.26 Å². The highest BCUT2D eigenvalue weighted by atomic mass is 15.0. The van der Waals surface area contributed by atoms with Crippen LogP contribution in [0.25, 0.3) is 0 Å². The second-order valence-electron chi connectivity index (χ2n) is 4.09. The van der Waals surface area contributed by atoms with Crippen LogP contribution in [0.2, 0.25) is 0 Å². The molecule has 0 radical (unpaired) electrons. The molecule has 0 aliphatic carbocycles. The third kappa shape index (κ3) is 2.77. The van der Waals surface area contributed by atoms with E-state index in [1.54, 1.807) is 18.3 Å². The Labute approximate surface area is 106 Å². The molecule has 1 aromatic carbocycles. The Morgan fingerprint density at radius 1 is 1.33 bits per heavy atom. The molecule has 0 spiro atoms. The second-order valence-corrected chi connectivity index (χ2v) is 4.09. The van der Waals surface area contributed by atoms with E-state index in [-0.39, 0.29) is 0 Å². The molecule has 0 bridgehead atoms. The first-order valence-corrected chi connectivity index (χ1v) is 5.64. The molecule has 1 aromatic heterocycles. The van der Waals surface area contributed by atoms with E-state index in [0.717, 1.165) is 22.6 Å². The van der Waals surface area contributed by atoms with Crippen molar-refractivity contribution in [2.24, 2.45) is 0 Å². The summed E-state index contributed by atoms with van der Waals surface area (Å²) in [5.74, 6) is 0.752. The van der Waals surface area contributed by atoms with Gasteiger partial charge in [-0.05, 0) is 30.2 Å². The number of benzene rings is 1. The fraction of sp³-hybridized carbons (Fsp3) is 0.143. The van der Waals surface area contributed by atoms with Crippen LogP contribution in [0, 0.1) is 18.3 Å². The number of anilines is 2. The molecule has 90 valence electrons. The van der Waals surface area contributed by atoms with Crippen molar-refractivity contribution in [1.82, 2.24) is 4.98 Å². The van der Waals surface area contributed by atoms with Crippen molar-refractivity contribution in [3.63, 3.8) is 0 Å². The maximum absolute atomic E-state index is 8.70. The van der Waals surface area contributed by atoms with Crippen molar-refractivity contribution in [2.75, 3.05) is 11.1 Å². The lowest BCUT2D eigenvalue weighted by molar-refractivity contribution is 1.11. The van der Waals surface area contributed by atoms with Gasteiger partial charge in [-0.25, -0.2) is 4.98 Å². The summed E-state index contributed by atoms with van der Waals surface area (Å²) in [7, 11) is 0. The zero-order valence-corrected chi connectivity index (χ0v) is 10.1. The standard InChI is InChI=1S/C14H14N4/c1-10-8-17-14(6-13(10)16)18-9-12-4-2-11(7-15)3-5-12/h2-6,8H,9H2,1H3,(H3,16,17,18). The van der Waals surface area contributed by atoms with Crippen LogP contribution in [-0.2, 0) is 6.54 Å². The van der Waals surface area contributed by atoms with Crippen molar-refractivity contribution in [3.05, 3.63) is 53.2 Å². The molecule has 0 saturated heterocycles. The lowest BCUT2D eigenvalue weighted by Gasteiger charge is -2.07. The van der Waals surface area contributed by atoms with Crippen LogP contribution in [0.15, 0.2) is 36.5 Å². The number of nitrogen functional groups attached to an aromatic ring is 1. The van der Waals surface area contributed by atoms with Crippen LogP contribution < -0.4 is 11.1 Å². The number of nitrogens with zero attached hydrogens (tertiary/aromatic N) is 2. The number of hydrogen-bond donors (Lipinski definition) is 2. The topological polar surface area (TPSA) is 74.7 Å². The summed E-state index contributed by atoms with van der Waals surface area (Å²) in [5, 5.41) is 11.9. The fourth-order valence-electron chi connectivity index (χ4n) is 1.53. The van der Waals surface area contributed by atoms with Crippen molar-refractivity contribution >= 4 is 11.5 Å². The second kappa shape index (κ2) is 5.19. The van der Waals surface area contributed by atoms with Crippen LogP contribution >= 0.6 is 0 Å². The van der Waals surface area contributed by atoms with E-state index < -0.39 is 0 Å². The van der Waals surface area contributed by atoms with Gasteiger partial charge in [0, 0.05) is 24.5 Å². The zero-order valence-electron chi connectivity index (χ0n) is 10.1. The number of hydrogen-bond acceptors (Lipinski definition) is 4. The molecule has 0 fully saturated rings. The molecule has 2 rings (SSSR count). The van der Waals surface area contributed by atoms with Crippen LogP contribution in [0.1, 0.15) is 16.7 Å². The molecule has 1 heterocycles. The SMILES string of the molecule is Cc1cnc(NCc2ccc(C#N)cc2)cc1N. The third-order valence-corrected chi connectivity index (χ3v) is 2.70. The highest BCUT2D eigenvalue weighted by molar-refractivity contribution is 5.53. The molecule has 0 aliphatic rings. The molecule has 4 nitrogen and oxygen atoms in total. The van der Waals surface area contributed by atoms with E-state index in [1.165, 1.54) is 0 Å². The summed E-state index contributed by atoms with van der Waals surface area (Å²) in [6, 6.07) is 11.3. The van der Waals surface area contributed by atoms with Crippen LogP contribution in [-0.4, -0.2) is 4.98 Å². The van der Waals surface area contributed by atoms with E-state index in [2.05, 4.69) is 16.4 Å². The van der Waals surface area contributed by atoms with Gasteiger partial charge in [0.1, 0.15) is 5.82 Å². The van der Waals surface area contributed by atoms with Gasteiger partial charge in [0.25, 0.3) is 0 Å². The molecule has 0 unspecified atom stereocenters. The summed E-state index contributed by atoms with van der Waals surface area (Å²) >= 11 is 0. The van der Waals surface area contributed by atoms with Gasteiger partial charge in [0.15, 0.2) is 0 Å². The highest BCUT2D eigenvalue weighted by Crippen LogP contribution is 2.14. The Bertz CT molecular complexity index is 582. The first-order valence-electron chi connectivity index (χ1n) is 5.64. The Morgan fingerprint density at radius 2 is 2.06 bits per heavy atom. The van der Waals surface area contributed by atoms with E-state index in [1.807, 2.05) is 25.1 Å². The summed E-state index contributed by atoms with van der Waals surface area (Å²) < 4.78 is 0. The molecule has 18 heavy (non-hydrogen) atoms. The lowest BCUT2D eigenvalue weighted by Crippen LogP contribution is -2.02. The fourth-order valence-corrected chi connectivity index (χ4v) is 1.53. The van der Waals surface area contributed by atoms with Gasteiger partial charge in [-0.3, -0.25) is 0 Å². The maximum atomic E-state index is 8.70. The van der Waals surface area contributed by atoms with E-state index >= 15 is 0 Å². The molecule has 0 amide bonds. The Morgan fingerprint density at radius 3 is 2.67 bits per heavy atom. The number of nitrogens with two attached hydrogens (primary N) is 1. The molecule has 0 saturated carbocycles. The maximum Gasteiger partial charge on any atom is 0.128 e. The predicted molar refractivity (Wildman–Crippen MR) is 71.9 cm³/mol. The zero-order chi connectivity index (χ0) is 13.0. The van der Waals surface area contributed by atoms with Crippen LogP contribution in [0.3, 0.4) is 0 Å². The first-order chi connectivity index (χ1) is 8.69. The smallest absolute Gasteiger partial charge is 0.128 e. The van der Waals surface area contributed by atoms with Gasteiger partial charge in [-0.1, -0.05) is 12.1 Å².